The summed E-state index contributed by atoms with van der Waals surface area (Å²) in [7, 11) is 0. The van der Waals surface area contributed by atoms with Crippen LogP contribution in [0.3, 0.4) is 0 Å². The fraction of sp³-hybridized carbons (Fsp3) is 0.167. The van der Waals surface area contributed by atoms with Crippen LogP contribution in [0.25, 0.3) is 0 Å². The first-order valence-electron chi connectivity index (χ1n) is 7.40. The lowest BCUT2D eigenvalue weighted by Gasteiger charge is -2.07. The summed E-state index contributed by atoms with van der Waals surface area (Å²) < 4.78 is 0. The molecule has 2 aromatic carbocycles. The molecule has 0 saturated heterocycles. The van der Waals surface area contributed by atoms with Gasteiger partial charge >= 0.3 is 11.8 Å². The highest BCUT2D eigenvalue weighted by Crippen LogP contribution is 2.11. The van der Waals surface area contributed by atoms with Crippen LogP contribution in [0.5, 0.6) is 0 Å². The van der Waals surface area contributed by atoms with Crippen LogP contribution in [-0.2, 0) is 16.0 Å². The molecule has 6 heteroatoms. The maximum Gasteiger partial charge on any atom is 0.313 e. The number of rotatable bonds is 5. The summed E-state index contributed by atoms with van der Waals surface area (Å²) in [5, 5.41) is 5.66. The average Bonchev–Trinajstić information content (AvgIpc) is 2.55. The molecule has 0 spiro atoms. The lowest BCUT2D eigenvalue weighted by Crippen LogP contribution is -2.36. The second-order valence-corrected chi connectivity index (χ2v) is 5.66. The van der Waals surface area contributed by atoms with Crippen LogP contribution in [0, 0.1) is 0 Å². The van der Waals surface area contributed by atoms with E-state index in [0.717, 1.165) is 5.56 Å². The number of Topliss-reactive ketones (excluding diaryl/α,β-unsaturated/α-hetero) is 1. The van der Waals surface area contributed by atoms with E-state index in [0.29, 0.717) is 29.2 Å². The minimum atomic E-state index is -0.753. The summed E-state index contributed by atoms with van der Waals surface area (Å²) in [5.74, 6) is -1.53. The number of carbonyl (C=O) groups is 3. The van der Waals surface area contributed by atoms with E-state index in [-0.39, 0.29) is 5.78 Å². The van der Waals surface area contributed by atoms with Gasteiger partial charge in [-0.05, 0) is 55.3 Å². The molecular weight excluding hydrogens is 328 g/mol. The third-order valence-electron chi connectivity index (χ3n) is 3.34. The van der Waals surface area contributed by atoms with E-state index in [2.05, 4.69) is 10.6 Å². The molecule has 0 aliphatic carbocycles. The molecule has 0 atom stereocenters. The number of benzene rings is 2. The van der Waals surface area contributed by atoms with Crippen LogP contribution >= 0.6 is 11.6 Å². The molecule has 124 valence electrons. The molecule has 0 saturated carbocycles. The Morgan fingerprint density at radius 1 is 1.00 bits per heavy atom. The standard InChI is InChI=1S/C18H17ClN2O3/c1-12(22)14-5-7-16(8-6-14)21-18(24)17(23)20-10-9-13-3-2-4-15(19)11-13/h2-8,11H,9-10H2,1H3,(H,20,23)(H,21,24). The lowest BCUT2D eigenvalue weighted by atomic mass is 10.1. The number of amides is 2. The van der Waals surface area contributed by atoms with E-state index in [9.17, 15) is 14.4 Å². The molecule has 5 nitrogen and oxygen atoms in total. The van der Waals surface area contributed by atoms with Crippen molar-refractivity contribution in [3.63, 3.8) is 0 Å². The fourth-order valence-corrected chi connectivity index (χ4v) is 2.28. The molecule has 0 bridgehead atoms. The zero-order valence-corrected chi connectivity index (χ0v) is 13.9. The van der Waals surface area contributed by atoms with E-state index in [1.54, 1.807) is 30.3 Å². The van der Waals surface area contributed by atoms with Crippen LogP contribution in [0.15, 0.2) is 48.5 Å². The Bertz CT molecular complexity index is 757. The molecule has 2 N–H and O–H groups in total. The van der Waals surface area contributed by atoms with Crippen LogP contribution in [0.2, 0.25) is 5.02 Å². The predicted molar refractivity (Wildman–Crippen MR) is 93.2 cm³/mol. The molecule has 0 unspecified atom stereocenters. The molecule has 0 radical (unpaired) electrons. The zero-order valence-electron chi connectivity index (χ0n) is 13.1. The van der Waals surface area contributed by atoms with E-state index in [1.165, 1.54) is 6.92 Å². The number of hydrogen-bond acceptors (Lipinski definition) is 3. The van der Waals surface area contributed by atoms with Gasteiger partial charge in [0.15, 0.2) is 5.78 Å². The minimum Gasteiger partial charge on any atom is -0.347 e. The lowest BCUT2D eigenvalue weighted by molar-refractivity contribution is -0.136. The summed E-state index contributed by atoms with van der Waals surface area (Å²) in [4.78, 5) is 34.8. The number of hydrogen-bond donors (Lipinski definition) is 2. The largest absolute Gasteiger partial charge is 0.347 e. The van der Waals surface area contributed by atoms with Gasteiger partial charge in [-0.25, -0.2) is 0 Å². The molecule has 0 aliphatic heterocycles. The quantitative estimate of drug-likeness (QED) is 0.647. The van der Waals surface area contributed by atoms with Crippen molar-refractivity contribution in [1.29, 1.82) is 0 Å². The first kappa shape index (κ1) is 17.7. The Kier molecular flexibility index (Phi) is 6.09. The SMILES string of the molecule is CC(=O)c1ccc(NC(=O)C(=O)NCCc2cccc(Cl)c2)cc1. The van der Waals surface area contributed by atoms with Gasteiger partial charge in [-0.15, -0.1) is 0 Å². The number of ketones is 1. The van der Waals surface area contributed by atoms with Crippen molar-refractivity contribution < 1.29 is 14.4 Å². The molecule has 0 aromatic heterocycles. The Morgan fingerprint density at radius 3 is 2.33 bits per heavy atom. The normalized spacial score (nSPS) is 10.1. The highest BCUT2D eigenvalue weighted by atomic mass is 35.5. The van der Waals surface area contributed by atoms with Gasteiger partial charge < -0.3 is 10.6 Å². The smallest absolute Gasteiger partial charge is 0.313 e. The molecule has 24 heavy (non-hydrogen) atoms. The number of carbonyl (C=O) groups excluding carboxylic acids is 3. The van der Waals surface area contributed by atoms with Crippen molar-refractivity contribution in [3.8, 4) is 0 Å². The molecule has 2 rings (SSSR count). The first-order valence-corrected chi connectivity index (χ1v) is 7.78. The van der Waals surface area contributed by atoms with Crippen LogP contribution in [-0.4, -0.2) is 24.1 Å². The van der Waals surface area contributed by atoms with E-state index >= 15 is 0 Å². The van der Waals surface area contributed by atoms with Gasteiger partial charge in [0.25, 0.3) is 0 Å². The van der Waals surface area contributed by atoms with Crippen LogP contribution in [0.4, 0.5) is 5.69 Å². The molecule has 0 heterocycles. The average molecular weight is 345 g/mol. The van der Waals surface area contributed by atoms with E-state index in [4.69, 9.17) is 11.6 Å². The van der Waals surface area contributed by atoms with Crippen LogP contribution in [0.1, 0.15) is 22.8 Å². The Hall–Kier alpha value is -2.66. The van der Waals surface area contributed by atoms with Gasteiger partial charge in [0.2, 0.25) is 0 Å². The number of anilines is 1. The van der Waals surface area contributed by atoms with Crippen molar-refractivity contribution in [2.45, 2.75) is 13.3 Å². The summed E-state index contributed by atoms with van der Waals surface area (Å²) in [6.45, 7) is 1.79. The third-order valence-corrected chi connectivity index (χ3v) is 3.58. The number of halogens is 1. The molecular formula is C18H17ClN2O3. The summed E-state index contributed by atoms with van der Waals surface area (Å²) in [5.41, 5.74) is 1.97. The highest BCUT2D eigenvalue weighted by Gasteiger charge is 2.13. The minimum absolute atomic E-state index is 0.0633. The van der Waals surface area contributed by atoms with Crippen molar-refractivity contribution in [2.75, 3.05) is 11.9 Å². The van der Waals surface area contributed by atoms with Gasteiger partial charge in [0.05, 0.1) is 0 Å². The number of nitrogens with one attached hydrogen (secondary N) is 2. The second-order valence-electron chi connectivity index (χ2n) is 5.22. The monoisotopic (exact) mass is 344 g/mol. The van der Waals surface area contributed by atoms with E-state index in [1.807, 2.05) is 18.2 Å². The van der Waals surface area contributed by atoms with Crippen molar-refractivity contribution in [1.82, 2.24) is 5.32 Å². The van der Waals surface area contributed by atoms with Gasteiger partial charge in [0, 0.05) is 22.8 Å². The highest BCUT2D eigenvalue weighted by molar-refractivity contribution is 6.39. The first-order chi connectivity index (χ1) is 11.5. The van der Waals surface area contributed by atoms with Crippen molar-refractivity contribution in [2.24, 2.45) is 0 Å². The fourth-order valence-electron chi connectivity index (χ4n) is 2.07. The second kappa shape index (κ2) is 8.26. The summed E-state index contributed by atoms with van der Waals surface area (Å²) in [6, 6.07) is 13.6. The maximum absolute atomic E-state index is 11.8. The molecule has 0 fully saturated rings. The Morgan fingerprint density at radius 2 is 1.71 bits per heavy atom. The van der Waals surface area contributed by atoms with Crippen LogP contribution < -0.4 is 10.6 Å². The maximum atomic E-state index is 11.8. The summed E-state index contributed by atoms with van der Waals surface area (Å²) in [6.07, 6.45) is 0.576. The van der Waals surface area contributed by atoms with Gasteiger partial charge in [-0.2, -0.15) is 0 Å². The van der Waals surface area contributed by atoms with Gasteiger partial charge in [0.1, 0.15) is 0 Å². The predicted octanol–water partition coefficient (Wildman–Crippen LogP) is 2.84. The Labute approximate surface area is 145 Å². The van der Waals surface area contributed by atoms with Crippen molar-refractivity contribution in [3.05, 3.63) is 64.7 Å². The zero-order chi connectivity index (χ0) is 17.5. The van der Waals surface area contributed by atoms with E-state index < -0.39 is 11.8 Å². The third kappa shape index (κ3) is 5.21. The topological polar surface area (TPSA) is 75.3 Å². The van der Waals surface area contributed by atoms with Crippen molar-refractivity contribution >= 4 is 34.9 Å². The van der Waals surface area contributed by atoms with Gasteiger partial charge in [-0.1, -0.05) is 23.7 Å². The van der Waals surface area contributed by atoms with Gasteiger partial charge in [-0.3, -0.25) is 14.4 Å². The summed E-state index contributed by atoms with van der Waals surface area (Å²) >= 11 is 5.89. The molecule has 2 amide bonds. The molecule has 2 aromatic rings. The Balaban J connectivity index is 1.81. The molecule has 0 aliphatic rings.